The first kappa shape index (κ1) is 28.8. The normalized spacial score (nSPS) is 22.6. The second-order valence-electron chi connectivity index (χ2n) is 11.1. The molecule has 0 spiro atoms. The minimum Gasteiger partial charge on any atom is -0.481 e. The highest BCUT2D eigenvalue weighted by Crippen LogP contribution is 2.49. The fraction of sp³-hybridized carbons (Fsp3) is 0.600. The van der Waals surface area contributed by atoms with Crippen molar-refractivity contribution in [3.63, 3.8) is 0 Å². The number of nitrogens with two attached hydrogens (primary N) is 1. The molecule has 1 aliphatic heterocycles. The Balaban J connectivity index is 1.45. The van der Waals surface area contributed by atoms with Crippen molar-refractivity contribution in [2.24, 2.45) is 23.5 Å². The maximum Gasteiger partial charge on any atom is 0.305 e. The number of carboxylic acids is 1. The Bertz CT molecular complexity index is 968. The first-order valence-corrected chi connectivity index (χ1v) is 13.7. The third-order valence-corrected chi connectivity index (χ3v) is 8.75. The Labute approximate surface area is 222 Å². The van der Waals surface area contributed by atoms with Crippen molar-refractivity contribution >= 4 is 11.9 Å². The number of nitrogens with one attached hydrogen (secondary N) is 1. The van der Waals surface area contributed by atoms with Gasteiger partial charge in [0.05, 0.1) is 12.5 Å². The summed E-state index contributed by atoms with van der Waals surface area (Å²) in [5.74, 6) is 1.62. The maximum atomic E-state index is 13.2. The Morgan fingerprint density at radius 2 is 1.68 bits per heavy atom. The van der Waals surface area contributed by atoms with Gasteiger partial charge in [-0.2, -0.15) is 0 Å². The summed E-state index contributed by atoms with van der Waals surface area (Å²) in [4.78, 5) is 28.3. The van der Waals surface area contributed by atoms with Gasteiger partial charge in [0.2, 0.25) is 5.91 Å². The topological polar surface area (TPSA) is 98.9 Å². The number of aliphatic carboxylic acids is 1. The molecular formula is C30H46N4O3. The highest BCUT2D eigenvalue weighted by Gasteiger charge is 2.46. The Morgan fingerprint density at radius 1 is 1.08 bits per heavy atom. The third kappa shape index (κ3) is 7.37. The van der Waals surface area contributed by atoms with E-state index in [2.05, 4.69) is 75.3 Å². The zero-order chi connectivity index (χ0) is 27.3. The third-order valence-electron chi connectivity index (χ3n) is 8.75. The fourth-order valence-electron chi connectivity index (χ4n) is 5.39. The van der Waals surface area contributed by atoms with E-state index < -0.39 is 12.0 Å². The molecule has 7 heteroatoms. The predicted molar refractivity (Wildman–Crippen MR) is 149 cm³/mol. The van der Waals surface area contributed by atoms with Crippen molar-refractivity contribution in [3.8, 4) is 0 Å². The molecule has 7 nitrogen and oxygen atoms in total. The Hall–Kier alpha value is -2.80. The number of amides is 1. The lowest BCUT2D eigenvalue weighted by atomic mass is 9.80. The maximum absolute atomic E-state index is 13.2. The molecule has 1 aliphatic carbocycles. The lowest BCUT2D eigenvalue weighted by Crippen LogP contribution is -2.50. The first-order chi connectivity index (χ1) is 17.5. The van der Waals surface area contributed by atoms with E-state index in [4.69, 9.17) is 10.8 Å². The summed E-state index contributed by atoms with van der Waals surface area (Å²) >= 11 is 0. The average Bonchev–Trinajstić information content (AvgIpc) is 3.70. The van der Waals surface area contributed by atoms with E-state index in [1.807, 2.05) is 4.90 Å². The molecule has 1 aromatic carbocycles. The molecule has 0 aromatic heterocycles. The number of rotatable bonds is 13. The van der Waals surface area contributed by atoms with Crippen LogP contribution in [0.4, 0.5) is 0 Å². The van der Waals surface area contributed by atoms with E-state index in [0.29, 0.717) is 49.0 Å². The summed E-state index contributed by atoms with van der Waals surface area (Å²) in [7, 11) is 0. The first-order valence-electron chi connectivity index (χ1n) is 13.7. The van der Waals surface area contributed by atoms with Gasteiger partial charge in [-0.3, -0.25) is 9.59 Å². The van der Waals surface area contributed by atoms with Crippen LogP contribution in [-0.2, 0) is 9.59 Å². The van der Waals surface area contributed by atoms with E-state index >= 15 is 0 Å². The fourth-order valence-corrected chi connectivity index (χ4v) is 5.39. The number of carboxylic acid groups (broad SMARTS) is 1. The van der Waals surface area contributed by atoms with Crippen molar-refractivity contribution in [3.05, 3.63) is 59.9 Å². The second-order valence-corrected chi connectivity index (χ2v) is 11.1. The minimum absolute atomic E-state index is 0.0890. The van der Waals surface area contributed by atoms with E-state index in [9.17, 15) is 9.59 Å². The molecule has 3 rings (SSSR count). The highest BCUT2D eigenvalue weighted by atomic mass is 16.4. The van der Waals surface area contributed by atoms with Crippen LogP contribution >= 0.6 is 0 Å². The van der Waals surface area contributed by atoms with E-state index in [-0.39, 0.29) is 18.2 Å². The zero-order valence-electron chi connectivity index (χ0n) is 23.1. The van der Waals surface area contributed by atoms with Gasteiger partial charge in [-0.25, -0.2) is 0 Å². The second kappa shape index (κ2) is 12.6. The summed E-state index contributed by atoms with van der Waals surface area (Å²) in [6.07, 6.45) is 2.01. The van der Waals surface area contributed by atoms with Crippen LogP contribution in [0.3, 0.4) is 0 Å². The number of hydrogen-bond donors (Lipinski definition) is 3. The standard InChI is InChI=1S/C30H46N4O3/c1-7-19(2)21(4)22(5)24-8-10-25(11-9-24)26-16-27(26)30(37)34-14-12-33(13-15-34)20(3)18-32-28(23(6)31)17-29(35)36/h8-11,19,21-22,26-28,32H,3,6-7,12-18,31H2,1-2,4-5H3,(H,35,36)/t19?,21?,22?,26-,27+,28-/m0/s1. The Kier molecular flexibility index (Phi) is 9.82. The van der Waals surface area contributed by atoms with Crippen LogP contribution in [0.1, 0.15) is 69.9 Å². The number of carbonyl (C=O) groups is 2. The quantitative estimate of drug-likeness (QED) is 0.369. The molecule has 2 fully saturated rings. The molecule has 2 aliphatic rings. The Morgan fingerprint density at radius 3 is 2.22 bits per heavy atom. The van der Waals surface area contributed by atoms with Crippen LogP contribution in [-0.4, -0.2) is 65.5 Å². The van der Waals surface area contributed by atoms with Crippen molar-refractivity contribution < 1.29 is 14.7 Å². The van der Waals surface area contributed by atoms with Crippen LogP contribution in [0, 0.1) is 17.8 Å². The molecule has 4 N–H and O–H groups in total. The van der Waals surface area contributed by atoms with Crippen molar-refractivity contribution in [2.45, 2.75) is 64.8 Å². The molecule has 3 unspecified atom stereocenters. The minimum atomic E-state index is -0.929. The van der Waals surface area contributed by atoms with E-state index in [1.54, 1.807) is 0 Å². The van der Waals surface area contributed by atoms with Crippen molar-refractivity contribution in [2.75, 3.05) is 32.7 Å². The van der Waals surface area contributed by atoms with Gasteiger partial charge in [0.25, 0.3) is 0 Å². The van der Waals surface area contributed by atoms with Crippen LogP contribution < -0.4 is 11.1 Å². The number of carbonyl (C=O) groups excluding carboxylic acids is 1. The molecule has 0 radical (unpaired) electrons. The lowest BCUT2D eigenvalue weighted by molar-refractivity contribution is -0.137. The zero-order valence-corrected chi connectivity index (χ0v) is 23.1. The molecule has 0 bridgehead atoms. The highest BCUT2D eigenvalue weighted by molar-refractivity contribution is 5.83. The molecule has 6 atom stereocenters. The number of benzene rings is 1. The van der Waals surface area contributed by atoms with Crippen LogP contribution in [0.5, 0.6) is 0 Å². The summed E-state index contributed by atoms with van der Waals surface area (Å²) in [5.41, 5.74) is 9.56. The molecule has 1 heterocycles. The lowest BCUT2D eigenvalue weighted by Gasteiger charge is -2.37. The van der Waals surface area contributed by atoms with E-state index in [0.717, 1.165) is 25.2 Å². The van der Waals surface area contributed by atoms with Gasteiger partial charge in [-0.05, 0) is 41.2 Å². The van der Waals surface area contributed by atoms with Crippen LogP contribution in [0.25, 0.3) is 0 Å². The smallest absolute Gasteiger partial charge is 0.305 e. The summed E-state index contributed by atoms with van der Waals surface area (Å²) in [6, 6.07) is 8.49. The largest absolute Gasteiger partial charge is 0.481 e. The number of nitrogens with zero attached hydrogens (tertiary/aromatic N) is 2. The van der Waals surface area contributed by atoms with Crippen LogP contribution in [0.15, 0.2) is 48.8 Å². The molecular weight excluding hydrogens is 464 g/mol. The molecule has 1 amide bonds. The predicted octanol–water partition coefficient (Wildman–Crippen LogP) is 4.14. The SMILES string of the molecule is C=C(N)[C@H](CC(=O)O)NCC(=C)N1CCN(C(=O)[C@@H]2C[C@H]2c2ccc(C(C)C(C)C(C)CC)cc2)CC1. The molecule has 1 saturated heterocycles. The number of hydrogen-bond acceptors (Lipinski definition) is 5. The van der Waals surface area contributed by atoms with E-state index in [1.165, 1.54) is 17.5 Å². The summed E-state index contributed by atoms with van der Waals surface area (Å²) < 4.78 is 0. The van der Waals surface area contributed by atoms with Gasteiger partial charge < -0.3 is 26.0 Å². The van der Waals surface area contributed by atoms with Gasteiger partial charge in [0.15, 0.2) is 0 Å². The number of piperazine rings is 1. The van der Waals surface area contributed by atoms with Crippen molar-refractivity contribution in [1.29, 1.82) is 0 Å². The monoisotopic (exact) mass is 510 g/mol. The summed E-state index contributed by atoms with van der Waals surface area (Å²) in [6.45, 7) is 20.3. The van der Waals surface area contributed by atoms with Gasteiger partial charge in [0.1, 0.15) is 0 Å². The van der Waals surface area contributed by atoms with Gasteiger partial charge in [-0.1, -0.05) is 71.5 Å². The molecule has 204 valence electrons. The molecule has 1 aromatic rings. The van der Waals surface area contributed by atoms with Gasteiger partial charge in [-0.15, -0.1) is 0 Å². The van der Waals surface area contributed by atoms with Crippen LogP contribution in [0.2, 0.25) is 0 Å². The van der Waals surface area contributed by atoms with Crippen molar-refractivity contribution in [1.82, 2.24) is 15.1 Å². The molecule has 1 saturated carbocycles. The van der Waals surface area contributed by atoms with Gasteiger partial charge >= 0.3 is 5.97 Å². The molecule has 37 heavy (non-hydrogen) atoms. The average molecular weight is 511 g/mol. The van der Waals surface area contributed by atoms with Gasteiger partial charge in [0, 0.05) is 50.0 Å². The summed E-state index contributed by atoms with van der Waals surface area (Å²) in [5, 5.41) is 12.2.